The van der Waals surface area contributed by atoms with Crippen LogP contribution in [0.4, 0.5) is 0 Å². The van der Waals surface area contributed by atoms with E-state index < -0.39 is 35.8 Å². The van der Waals surface area contributed by atoms with E-state index in [0.717, 1.165) is 117 Å². The first-order chi connectivity index (χ1) is 48.0. The van der Waals surface area contributed by atoms with Crippen LogP contribution in [0.1, 0.15) is 207 Å². The van der Waals surface area contributed by atoms with E-state index in [4.69, 9.17) is 59.2 Å². The molecule has 556 valence electrons. The van der Waals surface area contributed by atoms with Crippen LogP contribution in [0.25, 0.3) is 0 Å². The zero-order chi connectivity index (χ0) is 76.8. The van der Waals surface area contributed by atoms with Crippen molar-refractivity contribution in [2.45, 2.75) is 162 Å². The van der Waals surface area contributed by atoms with Crippen molar-refractivity contribution in [2.24, 2.45) is 16.2 Å². The quantitative estimate of drug-likeness (QED) is 0.0343. The number of carboxylic acids is 6. The number of methoxy groups -OCH3 is 1. The fourth-order valence-corrected chi connectivity index (χ4v) is 14.2. The number of carbonyl (C=O) groups excluding carboxylic acids is 1. The summed E-state index contributed by atoms with van der Waals surface area (Å²) >= 11 is 10.1. The van der Waals surface area contributed by atoms with Gasteiger partial charge in [-0.05, 0) is 115 Å². The second kappa shape index (κ2) is 43.2. The molecule has 0 aliphatic carbocycles. The number of nitrogens with zero attached hydrogens (tertiary/aromatic N) is 10. The van der Waals surface area contributed by atoms with E-state index in [1.807, 2.05) is 69.2 Å². The first kappa shape index (κ1) is 87.4. The van der Waals surface area contributed by atoms with E-state index in [1.165, 1.54) is 29.8 Å². The molecular weight excluding hydrogens is 1490 g/mol. The number of rotatable bonds is 22. The van der Waals surface area contributed by atoms with Gasteiger partial charge in [0.1, 0.15) is 31.8 Å². The van der Waals surface area contributed by atoms with Crippen molar-refractivity contribution < 1.29 is 97.6 Å². The number of oxime groups is 2. The molecule has 0 unspecified atom stereocenters. The van der Waals surface area contributed by atoms with Crippen LogP contribution in [0.15, 0.2) is 22.6 Å². The van der Waals surface area contributed by atoms with E-state index >= 15 is 0 Å². The highest BCUT2D eigenvalue weighted by molar-refractivity contribution is 7.16. The van der Waals surface area contributed by atoms with Gasteiger partial charge in [-0.15, -0.1) is 90.7 Å². The van der Waals surface area contributed by atoms with E-state index in [0.29, 0.717) is 85.7 Å². The zero-order valence-electron chi connectivity index (χ0n) is 59.4. The molecule has 0 saturated heterocycles. The standard InChI is InChI=1S/C10H12N2O2S.C9H10N2O2S.C9H13NO2S.2C8H11NO3S.C7H9NO3S.C7H9NO2S.C6H7NO3S/c1-4-13-10-9(15-7(3)11-10)8-5-6(2)14-12-8;1-3-6-9(14-5(2)10-6)7-4-8(12)13-11-7;1-5(2)4-7-8(9(11)12)13-6(3)10-7;1-4(2)12-7-6(8(10)11)13-5(3)9-7;1-3-4-12-7-6(8(10)11)13-5(2)9-7;1-3-11-6-5(7(9)10)12-4(2)8-6;1-3-5-6(7(9)10)11-4(2)8-5;1-3-7-5(10-2)4(11-3)6(8)9/h2,4-5H2,1,3H3;3-4H2,1-2H3;5H,4H2,1-3H3,(H,11,12);4H,1-3H3,(H,10,11);3-4H2,1-2H3,(H,10,11);3H2,1-2H3,(H,9,10);3H2,1-2H3,(H,9,10);1-2H3,(H,8,9). The van der Waals surface area contributed by atoms with Gasteiger partial charge in [0.25, 0.3) is 0 Å². The Balaban J connectivity index is 0.000000304. The minimum Gasteiger partial charge on any atom is -0.480 e. The fraction of sp³-hybridized carbons (Fsp3) is 0.453. The van der Waals surface area contributed by atoms with Crippen LogP contribution in [0.2, 0.25) is 0 Å². The van der Waals surface area contributed by atoms with Crippen LogP contribution in [0.3, 0.4) is 0 Å². The second-order valence-electron chi connectivity index (χ2n) is 21.1. The van der Waals surface area contributed by atoms with Crippen LogP contribution in [0, 0.1) is 61.3 Å². The summed E-state index contributed by atoms with van der Waals surface area (Å²) in [5.74, 6) is -3.29. The van der Waals surface area contributed by atoms with Crippen molar-refractivity contribution >= 4 is 144 Å². The van der Waals surface area contributed by atoms with Crippen LogP contribution in [-0.4, -0.2) is 157 Å². The van der Waals surface area contributed by atoms with Gasteiger partial charge in [-0.25, -0.2) is 73.4 Å². The zero-order valence-corrected chi connectivity index (χ0v) is 65.9. The highest BCUT2D eigenvalue weighted by Gasteiger charge is 2.26. The largest absolute Gasteiger partial charge is 0.480 e. The van der Waals surface area contributed by atoms with Gasteiger partial charge in [-0.1, -0.05) is 51.5 Å². The van der Waals surface area contributed by atoms with Gasteiger partial charge in [-0.2, -0.15) is 0 Å². The molecule has 0 bridgehead atoms. The average molecular weight is 1570 g/mol. The predicted octanol–water partition coefficient (Wildman–Crippen LogP) is 14.8. The Hall–Kier alpha value is -8.79. The van der Waals surface area contributed by atoms with Gasteiger partial charge in [0.05, 0.1) is 108 Å². The molecule has 38 heteroatoms. The third-order valence-electron chi connectivity index (χ3n) is 11.7. The Morgan fingerprint density at radius 1 is 0.441 bits per heavy atom. The fourth-order valence-electron chi connectivity index (χ4n) is 7.87. The Kier molecular flexibility index (Phi) is 37.1. The maximum atomic E-state index is 10.9. The first-order valence-corrected chi connectivity index (χ1v) is 37.5. The smallest absolute Gasteiger partial charge is 0.351 e. The molecule has 10 rings (SSSR count). The highest BCUT2D eigenvalue weighted by atomic mass is 32.1. The maximum Gasteiger partial charge on any atom is 0.351 e. The van der Waals surface area contributed by atoms with Gasteiger partial charge in [-0.3, -0.25) is 0 Å². The molecule has 10 heterocycles. The predicted molar refractivity (Wildman–Crippen MR) is 393 cm³/mol. The third kappa shape index (κ3) is 28.6. The SMILES string of the molecule is C=C1CC(c2sc(C)nc2OCC)=NO1.CCCOc1nc(C)sc1C(=O)O.CCOc1nc(C)sc1C(=O)O.CCc1nc(C)sc1C(=O)O.CCc1nc(C)sc1C1=NOC(=O)C1.COc1nc(C)sc1C(=O)O.Cc1nc(CC(C)C)c(C(=O)O)s1.Cc1nc(OC(C)C)c(C(=O)O)s1. The third-order valence-corrected chi connectivity index (χ3v) is 19.5. The summed E-state index contributed by atoms with van der Waals surface area (Å²) in [7, 11) is 1.40. The van der Waals surface area contributed by atoms with Crippen LogP contribution < -0.4 is 23.7 Å². The molecule has 0 saturated carbocycles. The molecule has 8 aromatic rings. The van der Waals surface area contributed by atoms with Gasteiger partial charge >= 0.3 is 41.8 Å². The summed E-state index contributed by atoms with van der Waals surface area (Å²) in [5.41, 5.74) is 4.00. The number of aromatic carboxylic acids is 6. The number of aromatic nitrogens is 8. The van der Waals surface area contributed by atoms with Crippen molar-refractivity contribution in [1.82, 2.24) is 39.9 Å². The average Bonchev–Trinajstić information content (AvgIpc) is 1.70. The van der Waals surface area contributed by atoms with E-state index in [1.54, 1.807) is 57.3 Å². The molecule has 2 aliphatic heterocycles. The summed E-state index contributed by atoms with van der Waals surface area (Å²) in [6.45, 7) is 37.2. The lowest BCUT2D eigenvalue weighted by Crippen LogP contribution is -2.08. The summed E-state index contributed by atoms with van der Waals surface area (Å²) in [5, 5.41) is 66.5. The number of thiazole rings is 8. The Morgan fingerprint density at radius 2 is 0.794 bits per heavy atom. The van der Waals surface area contributed by atoms with Crippen LogP contribution >= 0.6 is 90.7 Å². The molecule has 30 nitrogen and oxygen atoms in total. The number of carboxylic acid groups (broad SMARTS) is 6. The first-order valence-electron chi connectivity index (χ1n) is 30.9. The van der Waals surface area contributed by atoms with Gasteiger partial charge < -0.3 is 64.0 Å². The topological polar surface area (TPSA) is 433 Å². The second-order valence-corrected chi connectivity index (χ2v) is 30.7. The van der Waals surface area contributed by atoms with Gasteiger partial charge in [0.15, 0.2) is 19.5 Å². The van der Waals surface area contributed by atoms with E-state index in [9.17, 15) is 33.6 Å². The normalized spacial score (nSPS) is 11.6. The Labute approximate surface area is 620 Å². The number of hydrogen-bond donors (Lipinski definition) is 6. The molecule has 0 spiro atoms. The Bertz CT molecular complexity index is 4080. The maximum absolute atomic E-state index is 10.9. The monoisotopic (exact) mass is 1570 g/mol. The van der Waals surface area contributed by atoms with Crippen molar-refractivity contribution in [1.29, 1.82) is 0 Å². The van der Waals surface area contributed by atoms with Gasteiger partial charge in [0, 0.05) is 0 Å². The molecular formula is C64H82N10O20S8. The number of carbonyl (C=O) groups is 7. The lowest BCUT2D eigenvalue weighted by Gasteiger charge is -2.06. The number of aryl methyl sites for hydroxylation is 10. The van der Waals surface area contributed by atoms with Crippen LogP contribution in [-0.2, 0) is 33.7 Å². The molecule has 2 aliphatic rings. The number of hydrogen-bond acceptors (Lipinski definition) is 32. The highest BCUT2D eigenvalue weighted by Crippen LogP contribution is 2.32. The molecule has 0 atom stereocenters. The number of allylic oxidation sites excluding steroid dienone is 1. The molecule has 0 fully saturated rings. The molecule has 8 aromatic heterocycles. The van der Waals surface area contributed by atoms with E-state index in [-0.39, 0.29) is 61.5 Å². The molecule has 0 amide bonds. The van der Waals surface area contributed by atoms with Crippen molar-refractivity contribution in [3.05, 3.63) is 108 Å². The molecule has 0 radical (unpaired) electrons. The summed E-state index contributed by atoms with van der Waals surface area (Å²) in [4.78, 5) is 120. The minimum atomic E-state index is -0.993. The lowest BCUT2D eigenvalue weighted by atomic mass is 10.1. The molecule has 102 heavy (non-hydrogen) atoms. The number of ether oxygens (including phenoxy) is 5. The van der Waals surface area contributed by atoms with Crippen molar-refractivity contribution in [3.63, 3.8) is 0 Å². The molecule has 6 N–H and O–H groups in total. The molecule has 0 aromatic carbocycles. The summed E-state index contributed by atoms with van der Waals surface area (Å²) < 4.78 is 25.7. The van der Waals surface area contributed by atoms with Crippen molar-refractivity contribution in [3.8, 4) is 29.4 Å². The summed E-state index contributed by atoms with van der Waals surface area (Å²) in [6.07, 6.45) is 3.98. The van der Waals surface area contributed by atoms with E-state index in [2.05, 4.69) is 75.4 Å². The van der Waals surface area contributed by atoms with Gasteiger partial charge in [0.2, 0.25) is 29.4 Å². The van der Waals surface area contributed by atoms with Crippen LogP contribution in [0.5, 0.6) is 29.4 Å². The summed E-state index contributed by atoms with van der Waals surface area (Å²) in [6, 6.07) is 0. The minimum absolute atomic E-state index is 0.0559. The Morgan fingerprint density at radius 3 is 1.19 bits per heavy atom. The van der Waals surface area contributed by atoms with Crippen molar-refractivity contribution in [2.75, 3.05) is 26.9 Å². The lowest BCUT2D eigenvalue weighted by molar-refractivity contribution is -0.140.